The molecule has 2 nitrogen and oxygen atoms in total. The molecule has 0 bridgehead atoms. The first-order valence-corrected chi connectivity index (χ1v) is 10.1. The predicted octanol–water partition coefficient (Wildman–Crippen LogP) is 3.59. The highest BCUT2D eigenvalue weighted by Crippen LogP contribution is 2.36. The third-order valence-electron chi connectivity index (χ3n) is 4.72. The molecule has 0 unspecified atom stereocenters. The van der Waals surface area contributed by atoms with Gasteiger partial charge in [-0.1, -0.05) is 60.1 Å². The summed E-state index contributed by atoms with van der Waals surface area (Å²) in [6.45, 7) is -0.239. The molecule has 1 aliphatic rings. The quantitative estimate of drug-likeness (QED) is 0.643. The highest BCUT2D eigenvalue weighted by atomic mass is 28.3. The fourth-order valence-corrected chi connectivity index (χ4v) is 8.69. The van der Waals surface area contributed by atoms with E-state index >= 15 is 0 Å². The molecule has 2 rings (SSSR count). The molecule has 20 heavy (non-hydrogen) atoms. The third kappa shape index (κ3) is 3.48. The average molecular weight is 294 g/mol. The molecule has 0 atom stereocenters. The molecule has 0 radical (unpaired) electrons. The number of aliphatic carboxylic acids is 1. The Kier molecular flexibility index (Phi) is 5.35. The smallest absolute Gasteiger partial charge is 0.306 e. The van der Waals surface area contributed by atoms with E-state index in [0.717, 1.165) is 37.4 Å². The van der Waals surface area contributed by atoms with E-state index in [2.05, 4.69) is 24.3 Å². The van der Waals surface area contributed by atoms with Gasteiger partial charge >= 0.3 is 5.97 Å². The molecule has 1 aromatic carbocycles. The van der Waals surface area contributed by atoms with Gasteiger partial charge in [-0.2, -0.15) is 0 Å². The summed E-state index contributed by atoms with van der Waals surface area (Å²) in [5, 5.41) is 10.6. The first-order chi connectivity index (χ1) is 9.68. The summed E-state index contributed by atoms with van der Waals surface area (Å²) in [6, 6.07) is 13.8. The van der Waals surface area contributed by atoms with Gasteiger partial charge in [0.05, 0.1) is 20.7 Å². The van der Waals surface area contributed by atoms with Gasteiger partial charge in [0.25, 0.3) is 0 Å². The van der Waals surface area contributed by atoms with Crippen molar-refractivity contribution in [1.29, 1.82) is 0 Å². The lowest BCUT2D eigenvalue weighted by atomic mass is 10.0. The second-order valence-electron chi connectivity index (χ2n) is 5.90. The van der Waals surface area contributed by atoms with E-state index in [1.165, 1.54) is 5.19 Å². The molecule has 110 valence electrons. The molecule has 0 saturated carbocycles. The molecular weight excluding hydrogens is 271 g/mol. The van der Waals surface area contributed by atoms with Crippen LogP contribution in [0.1, 0.15) is 25.7 Å². The summed E-state index contributed by atoms with van der Waals surface area (Å²) in [6.07, 6.45) is 3.18. The zero-order valence-corrected chi connectivity index (χ0v) is 12.9. The largest absolute Gasteiger partial charge is 0.481 e. The Morgan fingerprint density at radius 3 is 2.40 bits per heavy atom. The van der Waals surface area contributed by atoms with Crippen LogP contribution in [0.5, 0.6) is 0 Å². The van der Waals surface area contributed by atoms with Crippen molar-refractivity contribution < 1.29 is 14.3 Å². The second kappa shape index (κ2) is 7.02. The van der Waals surface area contributed by atoms with Gasteiger partial charge in [0.2, 0.25) is 0 Å². The molecule has 1 fully saturated rings. The van der Waals surface area contributed by atoms with Crippen molar-refractivity contribution in [2.24, 2.45) is 5.92 Å². The number of alkyl halides is 1. The summed E-state index contributed by atoms with van der Waals surface area (Å²) in [4.78, 5) is 11.1. The van der Waals surface area contributed by atoms with Crippen molar-refractivity contribution in [3.05, 3.63) is 30.3 Å². The first kappa shape index (κ1) is 15.2. The predicted molar refractivity (Wildman–Crippen MR) is 81.8 cm³/mol. The fraction of sp³-hybridized carbons (Fsp3) is 0.562. The lowest BCUT2D eigenvalue weighted by molar-refractivity contribution is -0.142. The highest BCUT2D eigenvalue weighted by molar-refractivity contribution is 6.92. The third-order valence-corrected chi connectivity index (χ3v) is 10.1. The maximum Gasteiger partial charge on any atom is 0.306 e. The summed E-state index contributed by atoms with van der Waals surface area (Å²) in [7, 11) is -1.61. The van der Waals surface area contributed by atoms with Crippen LogP contribution in [0.15, 0.2) is 30.3 Å². The Morgan fingerprint density at radius 1 is 1.20 bits per heavy atom. The van der Waals surface area contributed by atoms with E-state index in [9.17, 15) is 9.18 Å². The molecule has 1 aromatic rings. The van der Waals surface area contributed by atoms with Crippen LogP contribution in [0.4, 0.5) is 4.39 Å². The van der Waals surface area contributed by atoms with E-state index < -0.39 is 14.0 Å². The Hall–Kier alpha value is -1.16. The molecule has 1 saturated heterocycles. The average Bonchev–Trinajstić information content (AvgIpc) is 2.49. The minimum atomic E-state index is -1.61. The Bertz CT molecular complexity index is 427. The summed E-state index contributed by atoms with van der Waals surface area (Å²) < 4.78 is 12.4. The van der Waals surface area contributed by atoms with E-state index in [1.54, 1.807) is 0 Å². The zero-order valence-electron chi connectivity index (χ0n) is 11.9. The van der Waals surface area contributed by atoms with Crippen LogP contribution < -0.4 is 5.19 Å². The van der Waals surface area contributed by atoms with Gasteiger partial charge in [0.1, 0.15) is 0 Å². The van der Waals surface area contributed by atoms with E-state index in [4.69, 9.17) is 5.11 Å². The molecule has 1 N–H and O–H groups in total. The molecular formula is C16H23FO2Si. The van der Waals surface area contributed by atoms with Crippen LogP contribution in [0, 0.1) is 5.92 Å². The summed E-state index contributed by atoms with van der Waals surface area (Å²) in [5.74, 6) is -0.815. The Labute approximate surface area is 121 Å². The molecule has 0 aliphatic carbocycles. The van der Waals surface area contributed by atoms with Gasteiger partial charge < -0.3 is 5.11 Å². The van der Waals surface area contributed by atoms with Gasteiger partial charge in [-0.25, -0.2) is 0 Å². The van der Waals surface area contributed by atoms with Crippen molar-refractivity contribution in [1.82, 2.24) is 0 Å². The lowest BCUT2D eigenvalue weighted by Crippen LogP contribution is -2.50. The van der Waals surface area contributed by atoms with Crippen molar-refractivity contribution in [3.63, 3.8) is 0 Å². The topological polar surface area (TPSA) is 37.3 Å². The van der Waals surface area contributed by atoms with Crippen LogP contribution in [0.25, 0.3) is 0 Å². The molecule has 1 heterocycles. The maximum absolute atomic E-state index is 12.4. The first-order valence-electron chi connectivity index (χ1n) is 7.52. The standard InChI is InChI=1S/C16H23FO2Si/c17-10-4-5-11-20(15-6-2-1-3-7-15)12-8-14(9-13-20)16(18)19/h1-3,6-7,14H,4-5,8-13H2,(H,18,19). The van der Waals surface area contributed by atoms with Gasteiger partial charge in [-0.05, 0) is 19.3 Å². The fourth-order valence-electron chi connectivity index (χ4n) is 3.45. The number of benzene rings is 1. The number of hydrogen-bond donors (Lipinski definition) is 1. The SMILES string of the molecule is O=C(O)C1CC[Si](CCCCF)(c2ccccc2)CC1. The second-order valence-corrected chi connectivity index (χ2v) is 10.5. The normalized spacial score (nSPS) is 26.4. The van der Waals surface area contributed by atoms with Crippen LogP contribution in [0.2, 0.25) is 18.1 Å². The number of rotatable bonds is 6. The lowest BCUT2D eigenvalue weighted by Gasteiger charge is -2.38. The van der Waals surface area contributed by atoms with Crippen molar-refractivity contribution in [3.8, 4) is 0 Å². The number of hydrogen-bond acceptors (Lipinski definition) is 1. The molecule has 0 spiro atoms. The zero-order chi connectivity index (χ0) is 14.4. The summed E-state index contributed by atoms with van der Waals surface area (Å²) >= 11 is 0. The number of carbonyl (C=O) groups is 1. The monoisotopic (exact) mass is 294 g/mol. The minimum Gasteiger partial charge on any atom is -0.481 e. The van der Waals surface area contributed by atoms with Crippen LogP contribution in [-0.2, 0) is 4.79 Å². The molecule has 4 heteroatoms. The number of halogens is 1. The Morgan fingerprint density at radius 2 is 1.85 bits per heavy atom. The van der Waals surface area contributed by atoms with E-state index in [0.29, 0.717) is 6.42 Å². The maximum atomic E-state index is 12.4. The number of unbranched alkanes of at least 4 members (excludes halogenated alkanes) is 1. The minimum absolute atomic E-state index is 0.166. The van der Waals surface area contributed by atoms with Gasteiger partial charge in [-0.15, -0.1) is 0 Å². The highest BCUT2D eigenvalue weighted by Gasteiger charge is 2.40. The van der Waals surface area contributed by atoms with E-state index in [-0.39, 0.29) is 12.6 Å². The molecule has 0 amide bonds. The van der Waals surface area contributed by atoms with E-state index in [1.807, 2.05) is 6.07 Å². The van der Waals surface area contributed by atoms with Crippen LogP contribution in [0.3, 0.4) is 0 Å². The Balaban J connectivity index is 2.12. The molecule has 1 aliphatic heterocycles. The van der Waals surface area contributed by atoms with Crippen molar-refractivity contribution >= 4 is 19.2 Å². The van der Waals surface area contributed by atoms with Gasteiger partial charge in [-0.3, -0.25) is 9.18 Å². The van der Waals surface area contributed by atoms with Gasteiger partial charge in [0, 0.05) is 0 Å². The molecule has 0 aromatic heterocycles. The number of carboxylic acids is 1. The summed E-state index contributed by atoms with van der Waals surface area (Å²) in [5.41, 5.74) is 0. The van der Waals surface area contributed by atoms with Crippen LogP contribution in [-0.4, -0.2) is 25.8 Å². The van der Waals surface area contributed by atoms with Gasteiger partial charge in [0.15, 0.2) is 0 Å². The van der Waals surface area contributed by atoms with Crippen LogP contribution >= 0.6 is 0 Å². The van der Waals surface area contributed by atoms with Crippen molar-refractivity contribution in [2.75, 3.05) is 6.67 Å². The number of carboxylic acid groups (broad SMARTS) is 1. The van der Waals surface area contributed by atoms with Crippen molar-refractivity contribution in [2.45, 2.75) is 43.8 Å².